The largest absolute Gasteiger partial charge is 0.414 e. The van der Waals surface area contributed by atoms with Gasteiger partial charge in [0.15, 0.2) is 11.9 Å². The molecule has 0 aliphatic rings. The van der Waals surface area contributed by atoms with E-state index in [9.17, 15) is 17.6 Å². The lowest BCUT2D eigenvalue weighted by molar-refractivity contribution is -0.204. The molecule has 0 aliphatic heterocycles. The minimum absolute atomic E-state index is 0.000501. The first-order valence-electron chi connectivity index (χ1n) is 5.76. The van der Waals surface area contributed by atoms with Crippen LogP contribution in [0.3, 0.4) is 0 Å². The fourth-order valence-corrected chi connectivity index (χ4v) is 1.78. The van der Waals surface area contributed by atoms with Gasteiger partial charge in [-0.25, -0.2) is 4.39 Å². The minimum Gasteiger partial charge on any atom is -0.383 e. The zero-order valence-corrected chi connectivity index (χ0v) is 11.1. The van der Waals surface area contributed by atoms with Gasteiger partial charge in [0.2, 0.25) is 5.89 Å². The number of rotatable bonds is 4. The van der Waals surface area contributed by atoms with E-state index in [1.165, 1.54) is 18.2 Å². The summed E-state index contributed by atoms with van der Waals surface area (Å²) in [6.07, 6.45) is -8.30. The highest BCUT2D eigenvalue weighted by atomic mass is 35.5. The SMILES string of the molecule is OC(Cc1nc(Cc2cccc(Cl)c2F)no1)C(F)(F)F. The zero-order chi connectivity index (χ0) is 15.6. The molecule has 9 heteroatoms. The average Bonchev–Trinajstić information content (AvgIpc) is 2.81. The number of aliphatic hydroxyl groups is 1. The van der Waals surface area contributed by atoms with Gasteiger partial charge in [-0.05, 0) is 11.6 Å². The van der Waals surface area contributed by atoms with Crippen molar-refractivity contribution in [3.05, 3.63) is 46.3 Å². The van der Waals surface area contributed by atoms with Gasteiger partial charge in [0.1, 0.15) is 5.82 Å². The Morgan fingerprint density at radius 1 is 1.33 bits per heavy atom. The molecule has 4 nitrogen and oxygen atoms in total. The summed E-state index contributed by atoms with van der Waals surface area (Å²) >= 11 is 5.61. The molecule has 1 unspecified atom stereocenters. The van der Waals surface area contributed by atoms with Gasteiger partial charge in [-0.3, -0.25) is 0 Å². The first kappa shape index (κ1) is 15.7. The maximum atomic E-state index is 13.7. The van der Waals surface area contributed by atoms with Crippen LogP contribution in [0, 0.1) is 5.82 Å². The highest BCUT2D eigenvalue weighted by Gasteiger charge is 2.39. The smallest absolute Gasteiger partial charge is 0.383 e. The molecule has 0 spiro atoms. The average molecular weight is 325 g/mol. The van der Waals surface area contributed by atoms with E-state index in [1.54, 1.807) is 0 Å². The second-order valence-electron chi connectivity index (χ2n) is 4.26. The number of hydrogen-bond acceptors (Lipinski definition) is 4. The molecule has 1 N–H and O–H groups in total. The lowest BCUT2D eigenvalue weighted by Crippen LogP contribution is -2.30. The van der Waals surface area contributed by atoms with Crippen LogP contribution in [0.2, 0.25) is 5.02 Å². The molecule has 0 aliphatic carbocycles. The van der Waals surface area contributed by atoms with Gasteiger partial charge in [0.05, 0.1) is 11.4 Å². The third kappa shape index (κ3) is 3.92. The van der Waals surface area contributed by atoms with Crippen molar-refractivity contribution < 1.29 is 27.2 Å². The molecular formula is C12H9ClF4N2O2. The van der Waals surface area contributed by atoms with Crippen LogP contribution in [0.25, 0.3) is 0 Å². The molecule has 21 heavy (non-hydrogen) atoms. The van der Waals surface area contributed by atoms with E-state index in [4.69, 9.17) is 16.7 Å². The lowest BCUT2D eigenvalue weighted by Gasteiger charge is -2.11. The summed E-state index contributed by atoms with van der Waals surface area (Å²) in [7, 11) is 0. The van der Waals surface area contributed by atoms with Gasteiger partial charge in [-0.15, -0.1) is 0 Å². The van der Waals surface area contributed by atoms with Gasteiger partial charge in [0.25, 0.3) is 0 Å². The van der Waals surface area contributed by atoms with Crippen molar-refractivity contribution in [3.8, 4) is 0 Å². The molecule has 0 saturated heterocycles. The van der Waals surface area contributed by atoms with Gasteiger partial charge < -0.3 is 9.63 Å². The summed E-state index contributed by atoms with van der Waals surface area (Å²) in [6.45, 7) is 0. The first-order chi connectivity index (χ1) is 9.77. The molecular weight excluding hydrogens is 316 g/mol. The Bertz CT molecular complexity index is 630. The predicted octanol–water partition coefficient (Wildman–Crippen LogP) is 2.92. The second kappa shape index (κ2) is 5.98. The number of benzene rings is 1. The number of halogens is 5. The Hall–Kier alpha value is -1.67. The van der Waals surface area contributed by atoms with Gasteiger partial charge in [0, 0.05) is 6.42 Å². The summed E-state index contributed by atoms with van der Waals surface area (Å²) in [5, 5.41) is 12.3. The lowest BCUT2D eigenvalue weighted by atomic mass is 10.1. The van der Waals surface area contributed by atoms with Crippen LogP contribution < -0.4 is 0 Å². The van der Waals surface area contributed by atoms with Crippen molar-refractivity contribution >= 4 is 11.6 Å². The Morgan fingerprint density at radius 2 is 2.05 bits per heavy atom. The Kier molecular flexibility index (Phi) is 4.48. The summed E-state index contributed by atoms with van der Waals surface area (Å²) in [5.41, 5.74) is 0.186. The highest BCUT2D eigenvalue weighted by molar-refractivity contribution is 6.30. The van der Waals surface area contributed by atoms with E-state index >= 15 is 0 Å². The molecule has 0 amide bonds. The summed E-state index contributed by atoms with van der Waals surface area (Å²) in [4.78, 5) is 3.68. The molecule has 2 aromatic rings. The molecule has 1 atom stereocenters. The van der Waals surface area contributed by atoms with Crippen molar-refractivity contribution in [2.45, 2.75) is 25.1 Å². The minimum atomic E-state index is -4.77. The third-order valence-corrected chi connectivity index (χ3v) is 2.93. The van der Waals surface area contributed by atoms with Gasteiger partial charge in [-0.2, -0.15) is 18.2 Å². The summed E-state index contributed by atoms with van der Waals surface area (Å²) < 4.78 is 54.8. The van der Waals surface area contributed by atoms with Crippen molar-refractivity contribution in [1.82, 2.24) is 10.1 Å². The van der Waals surface area contributed by atoms with Crippen LogP contribution in [0.5, 0.6) is 0 Å². The molecule has 1 aromatic carbocycles. The number of aliphatic hydroxyl groups excluding tert-OH is 1. The van der Waals surface area contributed by atoms with Crippen LogP contribution in [-0.4, -0.2) is 27.5 Å². The zero-order valence-electron chi connectivity index (χ0n) is 10.4. The summed E-state index contributed by atoms with van der Waals surface area (Å²) in [6, 6.07) is 4.33. The van der Waals surface area contributed by atoms with Gasteiger partial charge in [-0.1, -0.05) is 28.9 Å². The van der Waals surface area contributed by atoms with Crippen LogP contribution in [0.4, 0.5) is 17.6 Å². The Morgan fingerprint density at radius 3 is 2.71 bits per heavy atom. The normalized spacial score (nSPS) is 13.4. The monoisotopic (exact) mass is 324 g/mol. The molecule has 1 heterocycles. The van der Waals surface area contributed by atoms with Crippen LogP contribution in [-0.2, 0) is 12.8 Å². The van der Waals surface area contributed by atoms with Gasteiger partial charge >= 0.3 is 6.18 Å². The molecule has 0 radical (unpaired) electrons. The number of hydrogen-bond donors (Lipinski definition) is 1. The van der Waals surface area contributed by atoms with E-state index in [-0.39, 0.29) is 28.7 Å². The Balaban J connectivity index is 2.08. The fourth-order valence-electron chi connectivity index (χ4n) is 1.58. The van der Waals surface area contributed by atoms with Crippen LogP contribution in [0.1, 0.15) is 17.3 Å². The molecule has 2 rings (SSSR count). The number of nitrogens with zero attached hydrogens (tertiary/aromatic N) is 2. The fraction of sp³-hybridized carbons (Fsp3) is 0.333. The Labute approximate surface area is 121 Å². The van der Waals surface area contributed by atoms with E-state index in [0.717, 1.165) is 0 Å². The van der Waals surface area contributed by atoms with E-state index in [0.29, 0.717) is 0 Å². The highest BCUT2D eigenvalue weighted by Crippen LogP contribution is 2.23. The summed E-state index contributed by atoms with van der Waals surface area (Å²) in [5.74, 6) is -1.03. The standard InChI is InChI=1S/C12H9ClF4N2O2/c13-7-3-1-2-6(11(7)14)4-9-18-10(21-19-9)5-8(20)12(15,16)17/h1-3,8,20H,4-5H2. The molecule has 114 valence electrons. The van der Waals surface area contributed by atoms with Crippen LogP contribution >= 0.6 is 11.6 Å². The number of aromatic nitrogens is 2. The van der Waals surface area contributed by atoms with E-state index in [1.807, 2.05) is 0 Å². The molecule has 0 fully saturated rings. The third-order valence-electron chi connectivity index (χ3n) is 2.64. The topological polar surface area (TPSA) is 59.2 Å². The maximum Gasteiger partial charge on any atom is 0.414 e. The molecule has 0 saturated carbocycles. The van der Waals surface area contributed by atoms with E-state index < -0.39 is 24.5 Å². The maximum absolute atomic E-state index is 13.7. The predicted molar refractivity (Wildman–Crippen MR) is 64.3 cm³/mol. The van der Waals surface area contributed by atoms with E-state index in [2.05, 4.69) is 14.7 Å². The first-order valence-corrected chi connectivity index (χ1v) is 6.14. The quantitative estimate of drug-likeness (QED) is 0.879. The molecule has 1 aromatic heterocycles. The van der Waals surface area contributed by atoms with Crippen molar-refractivity contribution in [2.75, 3.05) is 0 Å². The second-order valence-corrected chi connectivity index (χ2v) is 4.66. The molecule has 0 bridgehead atoms. The number of alkyl halides is 3. The van der Waals surface area contributed by atoms with Crippen molar-refractivity contribution in [2.24, 2.45) is 0 Å². The van der Waals surface area contributed by atoms with Crippen molar-refractivity contribution in [3.63, 3.8) is 0 Å². The van der Waals surface area contributed by atoms with Crippen molar-refractivity contribution in [1.29, 1.82) is 0 Å². The van der Waals surface area contributed by atoms with Crippen LogP contribution in [0.15, 0.2) is 22.7 Å².